The number of fused-ring (bicyclic) bond motifs is 3. The fourth-order valence-electron chi connectivity index (χ4n) is 4.96. The predicted octanol–water partition coefficient (Wildman–Crippen LogP) is 5.00. The van der Waals surface area contributed by atoms with E-state index in [-0.39, 0.29) is 29.9 Å². The summed E-state index contributed by atoms with van der Waals surface area (Å²) >= 11 is 0. The molecule has 2 heterocycles. The standard InChI is InChI=1S/C30H36N2O6/c1-8-36-27(33)22(28(34)37-9-2)17-31-20-12-10-11-18(13-20)25-24-19(15-29(3,4)32-25)14-23(35-7)26-21(24)16-30(5,6)38-26/h10-14,17,31H,8-9,15-16H2,1-7H3. The van der Waals surface area contributed by atoms with Gasteiger partial charge in [-0.2, -0.15) is 0 Å². The van der Waals surface area contributed by atoms with Crippen molar-refractivity contribution in [2.75, 3.05) is 25.6 Å². The topological polar surface area (TPSA) is 95.5 Å². The SMILES string of the molecule is CCOC(=O)C(=CNc1cccc(C2=NC(C)(C)Cc3cc(OC)c4c(c32)CC(C)(C)O4)c1)C(=O)OCC. The number of nitrogens with one attached hydrogen (secondary N) is 1. The monoisotopic (exact) mass is 520 g/mol. The van der Waals surface area contributed by atoms with Gasteiger partial charge in [0.05, 0.1) is 31.6 Å². The van der Waals surface area contributed by atoms with Gasteiger partial charge in [-0.3, -0.25) is 4.99 Å². The van der Waals surface area contributed by atoms with Gasteiger partial charge >= 0.3 is 11.9 Å². The van der Waals surface area contributed by atoms with E-state index in [1.807, 2.05) is 24.3 Å². The van der Waals surface area contributed by atoms with Crippen LogP contribution in [0.3, 0.4) is 0 Å². The second-order valence-corrected chi connectivity index (χ2v) is 10.6. The molecule has 0 atom stereocenters. The van der Waals surface area contributed by atoms with Gasteiger partial charge in [0.2, 0.25) is 0 Å². The number of carbonyl (C=O) groups excluding carboxylic acids is 2. The Labute approximate surface area is 224 Å². The Morgan fingerprint density at radius 3 is 2.37 bits per heavy atom. The summed E-state index contributed by atoms with van der Waals surface area (Å²) in [6.07, 6.45) is 2.85. The van der Waals surface area contributed by atoms with Gasteiger partial charge in [0.1, 0.15) is 5.60 Å². The van der Waals surface area contributed by atoms with E-state index in [1.54, 1.807) is 21.0 Å². The number of methoxy groups -OCH3 is 1. The minimum Gasteiger partial charge on any atom is -0.493 e. The number of nitrogens with zero attached hydrogens (tertiary/aromatic N) is 1. The number of benzene rings is 2. The molecule has 8 heteroatoms. The van der Waals surface area contributed by atoms with Crippen LogP contribution in [0.1, 0.15) is 63.8 Å². The van der Waals surface area contributed by atoms with Crippen LogP contribution in [0.2, 0.25) is 0 Å². The van der Waals surface area contributed by atoms with E-state index in [1.165, 1.54) is 11.8 Å². The predicted molar refractivity (Wildman–Crippen MR) is 146 cm³/mol. The summed E-state index contributed by atoms with van der Waals surface area (Å²) in [7, 11) is 1.67. The Kier molecular flexibility index (Phi) is 7.54. The second-order valence-electron chi connectivity index (χ2n) is 10.6. The molecule has 0 unspecified atom stereocenters. The molecule has 2 aromatic rings. The van der Waals surface area contributed by atoms with Crippen LogP contribution in [0, 0.1) is 0 Å². The highest BCUT2D eigenvalue weighted by molar-refractivity contribution is 6.16. The normalized spacial score (nSPS) is 16.2. The van der Waals surface area contributed by atoms with Gasteiger partial charge in [0.15, 0.2) is 17.1 Å². The number of hydrogen-bond donors (Lipinski definition) is 1. The number of carbonyl (C=O) groups is 2. The summed E-state index contributed by atoms with van der Waals surface area (Å²) < 4.78 is 22.1. The van der Waals surface area contributed by atoms with Crippen molar-refractivity contribution in [3.8, 4) is 11.5 Å². The zero-order valence-corrected chi connectivity index (χ0v) is 23.2. The van der Waals surface area contributed by atoms with Gasteiger partial charge < -0.3 is 24.3 Å². The van der Waals surface area contributed by atoms with E-state index in [0.29, 0.717) is 5.69 Å². The van der Waals surface area contributed by atoms with Gasteiger partial charge in [-0.15, -0.1) is 0 Å². The van der Waals surface area contributed by atoms with E-state index >= 15 is 0 Å². The first-order valence-electron chi connectivity index (χ1n) is 12.9. The van der Waals surface area contributed by atoms with E-state index < -0.39 is 11.9 Å². The second kappa shape index (κ2) is 10.5. The molecule has 0 amide bonds. The molecule has 0 fully saturated rings. The lowest BCUT2D eigenvalue weighted by atomic mass is 9.81. The van der Waals surface area contributed by atoms with Crippen LogP contribution < -0.4 is 14.8 Å². The number of aliphatic imine (C=N–C) groups is 1. The van der Waals surface area contributed by atoms with Gasteiger partial charge in [0, 0.05) is 35.0 Å². The Balaban J connectivity index is 1.76. The smallest absolute Gasteiger partial charge is 0.347 e. The summed E-state index contributed by atoms with van der Waals surface area (Å²) in [5, 5.41) is 3.07. The van der Waals surface area contributed by atoms with Crippen LogP contribution in [-0.4, -0.2) is 49.1 Å². The fraction of sp³-hybridized carbons (Fsp3) is 0.433. The molecule has 0 aliphatic carbocycles. The quantitative estimate of drug-likeness (QED) is 0.226. The van der Waals surface area contributed by atoms with Gasteiger partial charge in [-0.1, -0.05) is 12.1 Å². The van der Waals surface area contributed by atoms with Gasteiger partial charge in [0.25, 0.3) is 0 Å². The number of esters is 2. The summed E-state index contributed by atoms with van der Waals surface area (Å²) in [4.78, 5) is 29.9. The molecule has 0 radical (unpaired) electrons. The van der Waals surface area contributed by atoms with Crippen LogP contribution in [0.4, 0.5) is 5.69 Å². The third-order valence-corrected chi connectivity index (χ3v) is 6.41. The Morgan fingerprint density at radius 1 is 1.05 bits per heavy atom. The van der Waals surface area contributed by atoms with Crippen molar-refractivity contribution in [2.24, 2.45) is 4.99 Å². The average Bonchev–Trinajstić information content (AvgIpc) is 3.17. The fourth-order valence-corrected chi connectivity index (χ4v) is 4.96. The average molecular weight is 521 g/mol. The van der Waals surface area contributed by atoms with E-state index in [2.05, 4.69) is 39.1 Å². The zero-order valence-electron chi connectivity index (χ0n) is 23.2. The third kappa shape index (κ3) is 5.54. The maximum atomic E-state index is 12.3. The lowest BCUT2D eigenvalue weighted by Gasteiger charge is -2.31. The molecular formula is C30H36N2O6. The molecule has 8 nitrogen and oxygen atoms in total. The molecule has 2 aliphatic rings. The van der Waals surface area contributed by atoms with Crippen LogP contribution in [-0.2, 0) is 31.9 Å². The summed E-state index contributed by atoms with van der Waals surface area (Å²) in [5.41, 5.74) is 4.94. The molecule has 4 rings (SSSR count). The van der Waals surface area contributed by atoms with E-state index in [9.17, 15) is 9.59 Å². The molecule has 0 saturated heterocycles. The highest BCUT2D eigenvalue weighted by Crippen LogP contribution is 2.47. The molecule has 202 valence electrons. The lowest BCUT2D eigenvalue weighted by molar-refractivity contribution is -0.146. The largest absolute Gasteiger partial charge is 0.493 e. The van der Waals surface area contributed by atoms with E-state index in [4.69, 9.17) is 23.9 Å². The van der Waals surface area contributed by atoms with Crippen molar-refractivity contribution in [3.05, 3.63) is 64.4 Å². The van der Waals surface area contributed by atoms with E-state index in [0.717, 1.165) is 46.7 Å². The van der Waals surface area contributed by atoms with Crippen molar-refractivity contribution < 1.29 is 28.5 Å². The summed E-state index contributed by atoms with van der Waals surface area (Å²) in [5.74, 6) is 0.0323. The van der Waals surface area contributed by atoms with Crippen molar-refractivity contribution in [3.63, 3.8) is 0 Å². The Bertz CT molecular complexity index is 1300. The molecule has 0 saturated carbocycles. The molecule has 2 aliphatic heterocycles. The number of ether oxygens (including phenoxy) is 4. The molecular weight excluding hydrogens is 484 g/mol. The maximum absolute atomic E-state index is 12.3. The zero-order chi connectivity index (χ0) is 27.7. The minimum absolute atomic E-state index is 0.149. The molecule has 0 bridgehead atoms. The first kappa shape index (κ1) is 27.2. The minimum atomic E-state index is -0.742. The lowest BCUT2D eigenvalue weighted by Crippen LogP contribution is -2.30. The van der Waals surface area contributed by atoms with Crippen LogP contribution in [0.25, 0.3) is 0 Å². The first-order valence-corrected chi connectivity index (χ1v) is 12.9. The maximum Gasteiger partial charge on any atom is 0.347 e. The Morgan fingerprint density at radius 2 is 1.74 bits per heavy atom. The summed E-state index contributed by atoms with van der Waals surface area (Å²) in [6.45, 7) is 12.0. The number of hydrogen-bond acceptors (Lipinski definition) is 8. The van der Waals surface area contributed by atoms with Gasteiger partial charge in [-0.25, -0.2) is 9.59 Å². The van der Waals surface area contributed by atoms with Crippen molar-refractivity contribution >= 4 is 23.3 Å². The highest BCUT2D eigenvalue weighted by atomic mass is 16.6. The van der Waals surface area contributed by atoms with Crippen molar-refractivity contribution in [1.82, 2.24) is 0 Å². The Hall–Kier alpha value is -3.81. The van der Waals surface area contributed by atoms with Crippen LogP contribution in [0.15, 0.2) is 47.1 Å². The molecule has 1 N–H and O–H groups in total. The molecule has 38 heavy (non-hydrogen) atoms. The van der Waals surface area contributed by atoms with Crippen LogP contribution >= 0.6 is 0 Å². The summed E-state index contributed by atoms with van der Waals surface area (Å²) in [6, 6.07) is 9.80. The molecule has 0 spiro atoms. The highest BCUT2D eigenvalue weighted by Gasteiger charge is 2.39. The number of rotatable bonds is 8. The number of anilines is 1. The van der Waals surface area contributed by atoms with Gasteiger partial charge in [-0.05, 0) is 71.7 Å². The molecule has 2 aromatic carbocycles. The van der Waals surface area contributed by atoms with Crippen molar-refractivity contribution in [1.29, 1.82) is 0 Å². The third-order valence-electron chi connectivity index (χ3n) is 6.41. The first-order chi connectivity index (χ1) is 18.0. The van der Waals surface area contributed by atoms with Crippen molar-refractivity contribution in [2.45, 2.75) is 65.5 Å². The van der Waals surface area contributed by atoms with Crippen LogP contribution in [0.5, 0.6) is 11.5 Å². The molecule has 0 aromatic heterocycles.